The van der Waals surface area contributed by atoms with Gasteiger partial charge in [-0.15, -0.1) is 11.3 Å². The molecule has 8 nitrogen and oxygen atoms in total. The molecule has 0 amide bonds. The van der Waals surface area contributed by atoms with Crippen molar-refractivity contribution in [1.29, 1.82) is 0 Å². The van der Waals surface area contributed by atoms with Crippen LogP contribution in [0, 0.1) is 0 Å². The Morgan fingerprint density at radius 1 is 0.588 bits per heavy atom. The molecule has 6 aromatic rings. The van der Waals surface area contributed by atoms with Crippen molar-refractivity contribution in [3.8, 4) is 0 Å². The molecule has 0 atom stereocenters. The highest BCUT2D eigenvalue weighted by Gasteiger charge is 2.30. The molecule has 264 valence electrons. The lowest BCUT2D eigenvalue weighted by molar-refractivity contribution is -0.137. The third-order valence-electron chi connectivity index (χ3n) is 9.19. The molecule has 2 aliphatic heterocycles. The molecule has 51 heavy (non-hydrogen) atoms. The summed E-state index contributed by atoms with van der Waals surface area (Å²) in [6, 6.07) is 25.5. The summed E-state index contributed by atoms with van der Waals surface area (Å²) in [5.41, 5.74) is 1.74. The van der Waals surface area contributed by atoms with E-state index in [1.165, 1.54) is 42.7 Å². The fraction of sp³-hybridized carbons (Fsp3) is 0.333. The maximum atomic E-state index is 13.0. The van der Waals surface area contributed by atoms with Crippen LogP contribution in [0.4, 0.5) is 36.7 Å². The van der Waals surface area contributed by atoms with E-state index in [0.717, 1.165) is 85.2 Å². The molecule has 0 radical (unpaired) electrons. The molecule has 2 saturated heterocycles. The summed E-state index contributed by atoms with van der Waals surface area (Å²) in [6.07, 6.45) is 2.87. The summed E-state index contributed by atoms with van der Waals surface area (Å²) in [5.74, 6) is 3.11. The summed E-state index contributed by atoms with van der Waals surface area (Å²) in [5, 5.41) is 10.8. The Bertz CT molecular complexity index is 2040. The molecule has 3 aromatic heterocycles. The number of halogens is 3. The first-order valence-corrected chi connectivity index (χ1v) is 18.5. The maximum Gasteiger partial charge on any atom is 0.416 e. The van der Waals surface area contributed by atoms with E-state index in [-0.39, 0.29) is 6.54 Å². The lowest BCUT2D eigenvalue weighted by Gasteiger charge is -2.27. The number of aromatic nitrogens is 4. The van der Waals surface area contributed by atoms with Crippen molar-refractivity contribution >= 4 is 56.7 Å². The van der Waals surface area contributed by atoms with Gasteiger partial charge in [-0.25, -0.2) is 9.97 Å². The largest absolute Gasteiger partial charge is 0.416 e. The number of hydrogen-bond donors (Lipinski definition) is 2. The van der Waals surface area contributed by atoms with Gasteiger partial charge in [-0.3, -0.25) is 0 Å². The Labute approximate surface area is 299 Å². The zero-order chi connectivity index (χ0) is 35.0. The Kier molecular flexibility index (Phi) is 10.8. The van der Waals surface area contributed by atoms with Crippen LogP contribution in [0.3, 0.4) is 0 Å². The fourth-order valence-corrected chi connectivity index (χ4v) is 7.14. The van der Waals surface area contributed by atoms with Crippen LogP contribution in [0.25, 0.3) is 21.8 Å². The Hall–Kier alpha value is -4.97. The summed E-state index contributed by atoms with van der Waals surface area (Å²) >= 11 is 1.76. The summed E-state index contributed by atoms with van der Waals surface area (Å²) in [7, 11) is 0. The molecular weight excluding hydrogens is 670 g/mol. The van der Waals surface area contributed by atoms with E-state index in [4.69, 9.17) is 15.0 Å². The summed E-state index contributed by atoms with van der Waals surface area (Å²) in [6.45, 7) is 5.02. The molecule has 8 rings (SSSR count). The van der Waals surface area contributed by atoms with Crippen LogP contribution in [0.5, 0.6) is 0 Å². The van der Waals surface area contributed by atoms with Crippen molar-refractivity contribution in [3.05, 3.63) is 106 Å². The van der Waals surface area contributed by atoms with Gasteiger partial charge in [0.05, 0.1) is 23.1 Å². The van der Waals surface area contributed by atoms with Crippen LogP contribution in [-0.4, -0.2) is 46.1 Å². The number of piperidine rings is 2. The van der Waals surface area contributed by atoms with Gasteiger partial charge in [0.2, 0.25) is 11.9 Å². The predicted octanol–water partition coefficient (Wildman–Crippen LogP) is 9.54. The minimum Gasteiger partial charge on any atom is -0.365 e. The number of anilines is 4. The minimum atomic E-state index is -4.35. The van der Waals surface area contributed by atoms with E-state index in [2.05, 4.69) is 55.1 Å². The van der Waals surface area contributed by atoms with Crippen LogP contribution in [0.1, 0.15) is 54.5 Å². The van der Waals surface area contributed by atoms with E-state index in [9.17, 15) is 13.2 Å². The summed E-state index contributed by atoms with van der Waals surface area (Å²) in [4.78, 5) is 24.8. The highest BCUT2D eigenvalue weighted by molar-refractivity contribution is 7.09. The van der Waals surface area contributed by atoms with Gasteiger partial charge in [0.25, 0.3) is 0 Å². The monoisotopic (exact) mass is 710 g/mol. The number of rotatable bonds is 8. The highest BCUT2D eigenvalue weighted by atomic mass is 32.1. The van der Waals surface area contributed by atoms with Gasteiger partial charge in [-0.2, -0.15) is 23.1 Å². The molecule has 3 aromatic carbocycles. The average molecular weight is 711 g/mol. The standard InChI is InChI=1S/C21H21F3N4.C18H20N4S/c22-21(23,24)16-8-6-7-15(13-16)14-25-19-17-9-2-3-10-18(17)26-20(27-19)28-11-4-1-5-12-28;1-4-10-22(11-5-1)18-20-16-9-3-2-8-15(16)17(21-18)19-13-14-7-6-12-23-14/h2-3,6-10,13H,1,4-5,11-12,14H2,(H,25,26,27);2-3,6-9,12H,1,4-5,10-11,13H2,(H,19,20,21). The number of thiophene rings is 1. The van der Waals surface area contributed by atoms with Gasteiger partial charge in [-0.1, -0.05) is 42.5 Å². The number of nitrogens with zero attached hydrogens (tertiary/aromatic N) is 6. The molecule has 5 heterocycles. The van der Waals surface area contributed by atoms with Gasteiger partial charge in [0, 0.05) is 48.4 Å². The van der Waals surface area contributed by atoms with Gasteiger partial charge in [0.15, 0.2) is 0 Å². The average Bonchev–Trinajstić information content (AvgIpc) is 3.70. The van der Waals surface area contributed by atoms with Crippen LogP contribution in [0.15, 0.2) is 90.3 Å². The van der Waals surface area contributed by atoms with Crippen molar-refractivity contribution in [2.45, 2.75) is 57.8 Å². The molecule has 0 aliphatic carbocycles. The van der Waals surface area contributed by atoms with Gasteiger partial charge in [-0.05, 0) is 91.9 Å². The van der Waals surface area contributed by atoms with Crippen molar-refractivity contribution in [2.75, 3.05) is 46.6 Å². The van der Waals surface area contributed by atoms with Crippen molar-refractivity contribution < 1.29 is 13.2 Å². The Morgan fingerprint density at radius 3 is 1.67 bits per heavy atom. The predicted molar refractivity (Wildman–Crippen MR) is 202 cm³/mol. The van der Waals surface area contributed by atoms with E-state index >= 15 is 0 Å². The number of benzene rings is 3. The summed E-state index contributed by atoms with van der Waals surface area (Å²) < 4.78 is 38.9. The molecule has 0 spiro atoms. The smallest absolute Gasteiger partial charge is 0.365 e. The molecule has 0 bridgehead atoms. The molecule has 0 unspecified atom stereocenters. The topological polar surface area (TPSA) is 82.1 Å². The van der Waals surface area contributed by atoms with Gasteiger partial charge >= 0.3 is 6.18 Å². The highest BCUT2D eigenvalue weighted by Crippen LogP contribution is 2.31. The maximum absolute atomic E-state index is 13.0. The van der Waals surface area contributed by atoms with Gasteiger partial charge < -0.3 is 20.4 Å². The Morgan fingerprint density at radius 2 is 1.14 bits per heavy atom. The first kappa shape index (κ1) is 34.5. The van der Waals surface area contributed by atoms with Crippen LogP contribution in [0.2, 0.25) is 0 Å². The molecule has 12 heteroatoms. The molecule has 0 saturated carbocycles. The van der Waals surface area contributed by atoms with Crippen LogP contribution < -0.4 is 20.4 Å². The normalized spacial score (nSPS) is 15.0. The molecule has 2 fully saturated rings. The molecular formula is C39H41F3N8S. The van der Waals surface area contributed by atoms with E-state index < -0.39 is 11.7 Å². The molecule has 2 aliphatic rings. The lowest BCUT2D eigenvalue weighted by Crippen LogP contribution is -2.31. The zero-order valence-electron chi connectivity index (χ0n) is 28.4. The number of hydrogen-bond acceptors (Lipinski definition) is 9. The third-order valence-corrected chi connectivity index (χ3v) is 10.1. The van der Waals surface area contributed by atoms with Crippen LogP contribution >= 0.6 is 11.3 Å². The van der Waals surface area contributed by atoms with E-state index in [1.54, 1.807) is 17.4 Å². The SMILES string of the molecule is FC(F)(F)c1cccc(CNc2nc(N3CCCCC3)nc3ccccc23)c1.c1csc(CNc2nc(N3CCCCC3)nc3ccccc23)c1. The first-order valence-electron chi connectivity index (χ1n) is 17.6. The number of alkyl halides is 3. The van der Waals surface area contributed by atoms with Crippen LogP contribution in [-0.2, 0) is 19.3 Å². The van der Waals surface area contributed by atoms with Crippen molar-refractivity contribution in [3.63, 3.8) is 0 Å². The third kappa shape index (κ3) is 8.68. The van der Waals surface area contributed by atoms with Crippen molar-refractivity contribution in [2.24, 2.45) is 0 Å². The second kappa shape index (κ2) is 15.9. The lowest BCUT2D eigenvalue weighted by atomic mass is 10.1. The van der Waals surface area contributed by atoms with Crippen molar-refractivity contribution in [1.82, 2.24) is 19.9 Å². The Balaban J connectivity index is 0.000000162. The zero-order valence-corrected chi connectivity index (χ0v) is 29.2. The number of para-hydroxylation sites is 2. The minimum absolute atomic E-state index is 0.254. The first-order chi connectivity index (χ1) is 24.9. The van der Waals surface area contributed by atoms with Gasteiger partial charge in [0.1, 0.15) is 11.6 Å². The second-order valence-corrected chi connectivity index (χ2v) is 13.9. The number of fused-ring (bicyclic) bond motifs is 2. The fourth-order valence-electron chi connectivity index (χ4n) is 6.50. The quantitative estimate of drug-likeness (QED) is 0.162. The van der Waals surface area contributed by atoms with E-state index in [0.29, 0.717) is 17.3 Å². The van der Waals surface area contributed by atoms with E-state index in [1.807, 2.05) is 36.4 Å². The molecule has 2 N–H and O–H groups in total. The number of nitrogens with one attached hydrogen (secondary N) is 2. The second-order valence-electron chi connectivity index (χ2n) is 12.9.